The molecule has 0 aliphatic carbocycles. The Balaban J connectivity index is 0.00000131. The molecule has 2 N–H and O–H groups in total. The van der Waals surface area contributed by atoms with Gasteiger partial charge in [-0.2, -0.15) is 0 Å². The molecule has 9 heteroatoms. The number of methoxy groups -OCH3 is 1. The lowest BCUT2D eigenvalue weighted by Gasteiger charge is -2.30. The lowest BCUT2D eigenvalue weighted by Crippen LogP contribution is -2.41. The maximum absolute atomic E-state index is 10.3. The number of ether oxygens (including phenoxy) is 1. The minimum absolute atomic E-state index is 0. The van der Waals surface area contributed by atoms with Crippen LogP contribution in [0.1, 0.15) is 12.5 Å². The van der Waals surface area contributed by atoms with Gasteiger partial charge in [-0.15, -0.1) is 36.2 Å². The molecule has 1 aromatic carbocycles. The smallest absolute Gasteiger partial charge is 0.152 e. The van der Waals surface area contributed by atoms with E-state index in [0.717, 1.165) is 40.0 Å². The zero-order chi connectivity index (χ0) is 17.2. The molecule has 0 bridgehead atoms. The summed E-state index contributed by atoms with van der Waals surface area (Å²) in [4.78, 5) is 10.1. The summed E-state index contributed by atoms with van der Waals surface area (Å²) in [6, 6.07) is 7.92. The Hall–Kier alpha value is -1.64. The van der Waals surface area contributed by atoms with E-state index in [1.807, 2.05) is 36.7 Å². The van der Waals surface area contributed by atoms with E-state index in [1.54, 1.807) is 24.6 Å². The van der Waals surface area contributed by atoms with Crippen LogP contribution >= 0.6 is 36.2 Å². The predicted molar refractivity (Wildman–Crippen MR) is 112 cm³/mol. The normalized spacial score (nSPS) is 19.0. The Bertz CT molecular complexity index is 870. The lowest BCUT2D eigenvalue weighted by atomic mass is 10.0. The highest BCUT2D eigenvalue weighted by molar-refractivity contribution is 7.18. The fourth-order valence-corrected chi connectivity index (χ4v) is 4.10. The Morgan fingerprint density at radius 2 is 2.15 bits per heavy atom. The van der Waals surface area contributed by atoms with Gasteiger partial charge in [0.15, 0.2) is 5.82 Å². The molecular formula is C18H22Cl2N4O2S. The van der Waals surface area contributed by atoms with Crippen molar-refractivity contribution in [2.45, 2.75) is 18.6 Å². The van der Waals surface area contributed by atoms with Crippen molar-refractivity contribution in [3.63, 3.8) is 0 Å². The van der Waals surface area contributed by atoms with Gasteiger partial charge in [0.05, 0.1) is 24.1 Å². The fraction of sp³-hybridized carbons (Fsp3) is 0.333. The molecule has 0 unspecified atom stereocenters. The minimum atomic E-state index is -0.410. The molecule has 146 valence electrons. The molecule has 0 radical (unpaired) electrons. The monoisotopic (exact) mass is 428 g/mol. The number of aliphatic hydroxyl groups excluding tert-OH is 1. The molecule has 1 saturated heterocycles. The number of thiazole rings is 1. The molecule has 3 heterocycles. The van der Waals surface area contributed by atoms with E-state index in [4.69, 9.17) is 4.74 Å². The Labute approximate surface area is 174 Å². The van der Waals surface area contributed by atoms with Crippen molar-refractivity contribution < 1.29 is 9.84 Å². The second-order valence-corrected chi connectivity index (χ2v) is 7.08. The zero-order valence-electron chi connectivity index (χ0n) is 14.7. The van der Waals surface area contributed by atoms with E-state index in [9.17, 15) is 5.11 Å². The molecule has 2 atom stereocenters. The summed E-state index contributed by atoms with van der Waals surface area (Å²) in [7, 11) is 1.66. The molecule has 1 aliphatic heterocycles. The largest absolute Gasteiger partial charge is 0.497 e. The van der Waals surface area contributed by atoms with Gasteiger partial charge in [-0.1, -0.05) is 12.1 Å². The van der Waals surface area contributed by atoms with E-state index >= 15 is 0 Å². The van der Waals surface area contributed by atoms with Gasteiger partial charge in [-0.05, 0) is 25.1 Å². The third-order valence-electron chi connectivity index (χ3n) is 4.48. The summed E-state index contributed by atoms with van der Waals surface area (Å²) in [5, 5.41) is 14.5. The number of aliphatic hydroxyl groups is 1. The zero-order valence-corrected chi connectivity index (χ0v) is 17.2. The van der Waals surface area contributed by atoms with Crippen molar-refractivity contribution in [2.24, 2.45) is 0 Å². The van der Waals surface area contributed by atoms with Gasteiger partial charge in [0, 0.05) is 30.7 Å². The predicted octanol–water partition coefficient (Wildman–Crippen LogP) is 3.42. The van der Waals surface area contributed by atoms with Gasteiger partial charge in [-0.3, -0.25) is 0 Å². The molecule has 6 nitrogen and oxygen atoms in total. The number of hydrogen-bond acceptors (Lipinski definition) is 6. The number of benzene rings is 1. The number of rotatable bonds is 4. The van der Waals surface area contributed by atoms with E-state index in [-0.39, 0.29) is 30.9 Å². The minimum Gasteiger partial charge on any atom is -0.497 e. The molecule has 1 aliphatic rings. The van der Waals surface area contributed by atoms with Crippen LogP contribution in [0.25, 0.3) is 21.3 Å². The van der Waals surface area contributed by atoms with E-state index in [2.05, 4.69) is 19.9 Å². The van der Waals surface area contributed by atoms with Crippen LogP contribution < -0.4 is 10.1 Å². The third kappa shape index (κ3) is 4.44. The van der Waals surface area contributed by atoms with Crippen molar-refractivity contribution >= 4 is 36.2 Å². The first kappa shape index (κ1) is 21.7. The summed E-state index contributed by atoms with van der Waals surface area (Å²) >= 11 is 1.60. The molecule has 1 fully saturated rings. The number of β-amino-alcohol motifs (C(OH)–C–C–N with tert-alkyl or cyclic N) is 1. The third-order valence-corrected chi connectivity index (χ3v) is 5.53. The summed E-state index contributed by atoms with van der Waals surface area (Å²) < 4.78 is 7.37. The number of nitrogens with one attached hydrogen (secondary N) is 1. The van der Waals surface area contributed by atoms with E-state index in [0.29, 0.717) is 6.54 Å². The first-order chi connectivity index (χ1) is 12.3. The number of imidazole rings is 1. The molecule has 0 amide bonds. The maximum atomic E-state index is 10.3. The SMILES string of the molecule is COc1cccc(-c2ncc(-c3nccn3[C@H]3CCNC[C@@H]3O)s2)c1.Cl.Cl. The summed E-state index contributed by atoms with van der Waals surface area (Å²) in [5.41, 5.74) is 1.02. The lowest BCUT2D eigenvalue weighted by molar-refractivity contribution is 0.0880. The molecule has 27 heavy (non-hydrogen) atoms. The second kappa shape index (κ2) is 9.52. The summed E-state index contributed by atoms with van der Waals surface area (Å²) in [6.07, 6.45) is 6.05. The van der Waals surface area contributed by atoms with Crippen molar-refractivity contribution in [3.8, 4) is 27.0 Å². The van der Waals surface area contributed by atoms with E-state index in [1.165, 1.54) is 0 Å². The van der Waals surface area contributed by atoms with Gasteiger partial charge in [0.25, 0.3) is 0 Å². The average Bonchev–Trinajstić information content (AvgIpc) is 3.31. The van der Waals surface area contributed by atoms with Gasteiger partial charge in [0.1, 0.15) is 10.8 Å². The molecule has 2 aromatic heterocycles. The summed E-state index contributed by atoms with van der Waals surface area (Å²) in [6.45, 7) is 1.51. The van der Waals surface area contributed by atoms with Crippen LogP contribution in [0.3, 0.4) is 0 Å². The number of piperidine rings is 1. The summed E-state index contributed by atoms with van der Waals surface area (Å²) in [5.74, 6) is 1.67. The van der Waals surface area contributed by atoms with Crippen LogP contribution in [-0.2, 0) is 0 Å². The van der Waals surface area contributed by atoms with Crippen molar-refractivity contribution in [2.75, 3.05) is 20.2 Å². The van der Waals surface area contributed by atoms with Crippen molar-refractivity contribution in [1.29, 1.82) is 0 Å². The second-order valence-electron chi connectivity index (χ2n) is 6.05. The van der Waals surface area contributed by atoms with Crippen LogP contribution in [-0.4, -0.2) is 45.9 Å². The van der Waals surface area contributed by atoms with Gasteiger partial charge in [-0.25, -0.2) is 9.97 Å². The molecule has 0 spiro atoms. The Morgan fingerprint density at radius 3 is 2.93 bits per heavy atom. The highest BCUT2D eigenvalue weighted by atomic mass is 35.5. The van der Waals surface area contributed by atoms with Crippen LogP contribution in [0.5, 0.6) is 5.75 Å². The van der Waals surface area contributed by atoms with Crippen molar-refractivity contribution in [1.82, 2.24) is 19.9 Å². The first-order valence-electron chi connectivity index (χ1n) is 8.28. The average molecular weight is 429 g/mol. The highest BCUT2D eigenvalue weighted by Crippen LogP contribution is 2.34. The van der Waals surface area contributed by atoms with Crippen LogP contribution in [0.15, 0.2) is 42.9 Å². The van der Waals surface area contributed by atoms with Crippen LogP contribution in [0, 0.1) is 0 Å². The quantitative estimate of drug-likeness (QED) is 0.665. The number of nitrogens with zero attached hydrogens (tertiary/aromatic N) is 3. The molecule has 3 aromatic rings. The maximum Gasteiger partial charge on any atom is 0.152 e. The number of hydrogen-bond donors (Lipinski definition) is 2. The Kier molecular flexibility index (Phi) is 7.64. The van der Waals surface area contributed by atoms with Gasteiger partial charge in [0.2, 0.25) is 0 Å². The van der Waals surface area contributed by atoms with Crippen LogP contribution in [0.4, 0.5) is 0 Å². The van der Waals surface area contributed by atoms with E-state index < -0.39 is 6.10 Å². The highest BCUT2D eigenvalue weighted by Gasteiger charge is 2.26. The Morgan fingerprint density at radius 1 is 1.30 bits per heavy atom. The standard InChI is InChI=1S/C18H20N4O2S.2ClH/c1-24-13-4-2-3-12(9-13)18-21-11-16(25-18)17-20-7-8-22(17)14-5-6-19-10-15(14)23;;/h2-4,7-9,11,14-15,19,23H,5-6,10H2,1H3;2*1H/t14-,15-;;/m0../s1. The number of aromatic nitrogens is 3. The molecular weight excluding hydrogens is 407 g/mol. The van der Waals surface area contributed by atoms with Gasteiger partial charge >= 0.3 is 0 Å². The van der Waals surface area contributed by atoms with Crippen molar-refractivity contribution in [3.05, 3.63) is 42.9 Å². The van der Waals surface area contributed by atoms with Crippen LogP contribution in [0.2, 0.25) is 0 Å². The first-order valence-corrected chi connectivity index (χ1v) is 9.10. The number of halogens is 2. The molecule has 4 rings (SSSR count). The molecule has 0 saturated carbocycles. The van der Waals surface area contributed by atoms with Gasteiger partial charge < -0.3 is 19.7 Å². The fourth-order valence-electron chi connectivity index (χ4n) is 3.19. The topological polar surface area (TPSA) is 72.2 Å².